The Morgan fingerprint density at radius 3 is 2.26 bits per heavy atom. The van der Waals surface area contributed by atoms with Crippen LogP contribution in [0.15, 0.2) is 48.5 Å². The molecule has 2 aromatic carbocycles. The first kappa shape index (κ1) is 13.1. The molecule has 1 amide bonds. The highest BCUT2D eigenvalue weighted by Crippen LogP contribution is 2.21. The summed E-state index contributed by atoms with van der Waals surface area (Å²) in [5.74, 6) is -0.382. The van der Waals surface area contributed by atoms with Crippen LogP contribution in [-0.4, -0.2) is 5.91 Å². The van der Waals surface area contributed by atoms with E-state index in [0.29, 0.717) is 0 Å². The summed E-state index contributed by atoms with van der Waals surface area (Å²) >= 11 is 0. The number of nitrogens with two attached hydrogens (primary N) is 1. The van der Waals surface area contributed by atoms with Gasteiger partial charge in [0.15, 0.2) is 0 Å². The number of nitrogens with one attached hydrogen (secondary N) is 1. The highest BCUT2D eigenvalue weighted by Gasteiger charge is 2.17. The summed E-state index contributed by atoms with van der Waals surface area (Å²) in [5.41, 5.74) is 9.52. The molecule has 0 bridgehead atoms. The first-order valence-electron chi connectivity index (χ1n) is 6.25. The van der Waals surface area contributed by atoms with Crippen molar-refractivity contribution in [2.45, 2.75) is 19.9 Å². The number of benzene rings is 2. The normalized spacial score (nSPS) is 11.9. The van der Waals surface area contributed by atoms with Crippen LogP contribution in [0.3, 0.4) is 0 Å². The predicted molar refractivity (Wildman–Crippen MR) is 77.9 cm³/mol. The second-order valence-corrected chi connectivity index (χ2v) is 4.76. The zero-order chi connectivity index (χ0) is 13.8. The highest BCUT2D eigenvalue weighted by atomic mass is 16.1. The summed E-state index contributed by atoms with van der Waals surface area (Å²) in [4.78, 5) is 11.7. The van der Waals surface area contributed by atoms with E-state index in [4.69, 9.17) is 5.73 Å². The maximum absolute atomic E-state index is 11.7. The number of hydrogen-bond acceptors (Lipinski definition) is 2. The molecular formula is C16H18N2O. The van der Waals surface area contributed by atoms with Gasteiger partial charge in [-0.3, -0.25) is 4.79 Å². The average molecular weight is 254 g/mol. The maximum Gasteiger partial charge on any atom is 0.244 e. The number of amides is 1. The number of primary amides is 1. The summed E-state index contributed by atoms with van der Waals surface area (Å²) in [6.07, 6.45) is 0. The monoisotopic (exact) mass is 254 g/mol. The fourth-order valence-corrected chi connectivity index (χ4v) is 2.07. The zero-order valence-electron chi connectivity index (χ0n) is 11.2. The molecule has 2 rings (SSSR count). The molecule has 0 heterocycles. The Hall–Kier alpha value is -2.29. The van der Waals surface area contributed by atoms with Crippen molar-refractivity contribution >= 4 is 11.6 Å². The lowest BCUT2D eigenvalue weighted by Gasteiger charge is -2.18. The van der Waals surface area contributed by atoms with E-state index in [9.17, 15) is 4.79 Å². The molecule has 0 saturated carbocycles. The lowest BCUT2D eigenvalue weighted by atomic mass is 10.0. The molecule has 1 atom stereocenters. The van der Waals surface area contributed by atoms with Gasteiger partial charge in [0, 0.05) is 5.69 Å². The molecule has 3 N–H and O–H groups in total. The second-order valence-electron chi connectivity index (χ2n) is 4.76. The molecule has 19 heavy (non-hydrogen) atoms. The molecule has 0 saturated heterocycles. The van der Waals surface area contributed by atoms with Crippen molar-refractivity contribution in [3.63, 3.8) is 0 Å². The van der Waals surface area contributed by atoms with Crippen LogP contribution in [0.1, 0.15) is 22.7 Å². The van der Waals surface area contributed by atoms with Gasteiger partial charge in [0.25, 0.3) is 0 Å². The molecule has 3 nitrogen and oxygen atoms in total. The summed E-state index contributed by atoms with van der Waals surface area (Å²) in [5, 5.41) is 3.19. The van der Waals surface area contributed by atoms with Crippen LogP contribution < -0.4 is 11.1 Å². The Balaban J connectivity index is 2.29. The van der Waals surface area contributed by atoms with Gasteiger partial charge >= 0.3 is 0 Å². The van der Waals surface area contributed by atoms with Crippen molar-refractivity contribution in [2.75, 3.05) is 5.32 Å². The lowest BCUT2D eigenvalue weighted by Crippen LogP contribution is -2.27. The molecule has 3 heteroatoms. The van der Waals surface area contributed by atoms with Gasteiger partial charge in [0.05, 0.1) is 0 Å². The minimum atomic E-state index is -0.512. The van der Waals surface area contributed by atoms with Crippen LogP contribution >= 0.6 is 0 Å². The van der Waals surface area contributed by atoms with Gasteiger partial charge in [-0.25, -0.2) is 0 Å². The van der Waals surface area contributed by atoms with Crippen molar-refractivity contribution in [1.29, 1.82) is 0 Å². The molecule has 98 valence electrons. The van der Waals surface area contributed by atoms with E-state index in [0.717, 1.165) is 22.4 Å². The minimum absolute atomic E-state index is 0.382. The fourth-order valence-electron chi connectivity index (χ4n) is 2.07. The Morgan fingerprint density at radius 1 is 1.05 bits per heavy atom. The number of anilines is 1. The first-order chi connectivity index (χ1) is 9.06. The third-order valence-electron chi connectivity index (χ3n) is 2.99. The van der Waals surface area contributed by atoms with Crippen LogP contribution in [0.5, 0.6) is 0 Å². The summed E-state index contributed by atoms with van der Waals surface area (Å²) in [7, 11) is 0. The van der Waals surface area contributed by atoms with E-state index in [-0.39, 0.29) is 5.91 Å². The summed E-state index contributed by atoms with van der Waals surface area (Å²) in [6.45, 7) is 4.01. The van der Waals surface area contributed by atoms with Crippen LogP contribution in [-0.2, 0) is 4.79 Å². The SMILES string of the molecule is Cc1cccc(NC(C(N)=O)c2cccc(C)c2)c1. The van der Waals surface area contributed by atoms with Gasteiger partial charge in [-0.15, -0.1) is 0 Å². The average Bonchev–Trinajstić information content (AvgIpc) is 2.35. The number of carbonyl (C=O) groups excluding carboxylic acids is 1. The first-order valence-corrected chi connectivity index (χ1v) is 6.25. The summed E-state index contributed by atoms with van der Waals surface area (Å²) in [6, 6.07) is 15.2. The smallest absolute Gasteiger partial charge is 0.244 e. The summed E-state index contributed by atoms with van der Waals surface area (Å²) < 4.78 is 0. The van der Waals surface area contributed by atoms with E-state index in [1.807, 2.05) is 62.4 Å². The third-order valence-corrected chi connectivity index (χ3v) is 2.99. The third kappa shape index (κ3) is 3.35. The Kier molecular flexibility index (Phi) is 3.85. The largest absolute Gasteiger partial charge is 0.370 e. The Bertz CT molecular complexity index is 593. The molecule has 0 fully saturated rings. The van der Waals surface area contributed by atoms with Gasteiger partial charge in [0.1, 0.15) is 6.04 Å². The second kappa shape index (κ2) is 5.57. The molecule has 0 radical (unpaired) electrons. The van der Waals surface area contributed by atoms with Crippen molar-refractivity contribution in [3.05, 3.63) is 65.2 Å². The van der Waals surface area contributed by atoms with Crippen molar-refractivity contribution in [3.8, 4) is 0 Å². The highest BCUT2D eigenvalue weighted by molar-refractivity contribution is 5.84. The van der Waals surface area contributed by atoms with Crippen molar-refractivity contribution < 1.29 is 4.79 Å². The Labute approximate surface area is 113 Å². The minimum Gasteiger partial charge on any atom is -0.370 e. The number of hydrogen-bond donors (Lipinski definition) is 2. The lowest BCUT2D eigenvalue weighted by molar-refractivity contribution is -0.118. The number of aryl methyl sites for hydroxylation is 2. The van der Waals surface area contributed by atoms with Crippen LogP contribution in [0, 0.1) is 13.8 Å². The van der Waals surface area contributed by atoms with Crippen molar-refractivity contribution in [1.82, 2.24) is 0 Å². The zero-order valence-corrected chi connectivity index (χ0v) is 11.2. The Morgan fingerprint density at radius 2 is 1.68 bits per heavy atom. The molecule has 0 aliphatic carbocycles. The van der Waals surface area contributed by atoms with Crippen molar-refractivity contribution in [2.24, 2.45) is 5.73 Å². The quantitative estimate of drug-likeness (QED) is 0.881. The van der Waals surface area contributed by atoms with Gasteiger partial charge in [0.2, 0.25) is 5.91 Å². The van der Waals surface area contributed by atoms with Crippen LogP contribution in [0.25, 0.3) is 0 Å². The molecule has 0 aliphatic heterocycles. The maximum atomic E-state index is 11.7. The van der Waals surface area contributed by atoms with E-state index < -0.39 is 6.04 Å². The molecule has 0 aliphatic rings. The van der Waals surface area contributed by atoms with E-state index in [1.54, 1.807) is 0 Å². The van der Waals surface area contributed by atoms with E-state index in [2.05, 4.69) is 5.32 Å². The molecular weight excluding hydrogens is 236 g/mol. The standard InChI is InChI=1S/C16H18N2O/c1-11-5-3-7-13(9-11)15(16(17)19)18-14-8-4-6-12(2)10-14/h3-10,15,18H,1-2H3,(H2,17,19). The number of rotatable bonds is 4. The molecule has 1 unspecified atom stereocenters. The molecule has 0 spiro atoms. The van der Waals surface area contributed by atoms with Gasteiger partial charge in [-0.2, -0.15) is 0 Å². The van der Waals surface area contributed by atoms with Gasteiger partial charge in [-0.1, -0.05) is 42.0 Å². The number of carbonyl (C=O) groups is 1. The van der Waals surface area contributed by atoms with E-state index in [1.165, 1.54) is 0 Å². The van der Waals surface area contributed by atoms with Gasteiger partial charge < -0.3 is 11.1 Å². The molecule has 2 aromatic rings. The predicted octanol–water partition coefficient (Wildman–Crippen LogP) is 2.94. The fraction of sp³-hybridized carbons (Fsp3) is 0.188. The molecule has 0 aromatic heterocycles. The topological polar surface area (TPSA) is 55.1 Å². The van der Waals surface area contributed by atoms with Gasteiger partial charge in [-0.05, 0) is 37.1 Å². The van der Waals surface area contributed by atoms with Crippen LogP contribution in [0.4, 0.5) is 5.69 Å². The van der Waals surface area contributed by atoms with E-state index >= 15 is 0 Å². The van der Waals surface area contributed by atoms with Crippen LogP contribution in [0.2, 0.25) is 0 Å².